The van der Waals surface area contributed by atoms with Crippen molar-refractivity contribution in [3.63, 3.8) is 0 Å². The van der Waals surface area contributed by atoms with Crippen LogP contribution in [0.15, 0.2) is 106 Å². The fourth-order valence-corrected chi connectivity index (χ4v) is 4.41. The van der Waals surface area contributed by atoms with Crippen LogP contribution in [0.5, 0.6) is 0 Å². The predicted octanol–water partition coefficient (Wildman–Crippen LogP) is 7.28. The summed E-state index contributed by atoms with van der Waals surface area (Å²) in [5, 5.41) is 0. The number of hydrogen-bond acceptors (Lipinski definition) is 0. The number of hydrogen-bond donors (Lipinski definition) is 0. The van der Waals surface area contributed by atoms with E-state index in [4.69, 9.17) is 0 Å². The summed E-state index contributed by atoms with van der Waals surface area (Å²) >= 11 is 0. The molecule has 0 nitrogen and oxygen atoms in total. The molecule has 0 aromatic heterocycles. The van der Waals surface area contributed by atoms with Crippen molar-refractivity contribution in [3.8, 4) is 0 Å². The summed E-state index contributed by atoms with van der Waals surface area (Å²) in [6, 6.07) is 32.2. The topological polar surface area (TPSA) is 0 Å². The second-order valence-corrected chi connectivity index (χ2v) is 7.68. The molecule has 3 rings (SSSR count). The summed E-state index contributed by atoms with van der Waals surface area (Å²) in [7, 11) is -0.0146. The molecule has 3 aromatic carbocycles. The van der Waals surface area contributed by atoms with Gasteiger partial charge in [-0.15, -0.1) is 0 Å². The van der Waals surface area contributed by atoms with Gasteiger partial charge in [0.05, 0.1) is 10.9 Å². The smallest absolute Gasteiger partial charge is 0.171 e. The Morgan fingerprint density at radius 1 is 0.464 bits per heavy atom. The Balaban J connectivity index is 0.000000266. The summed E-state index contributed by atoms with van der Waals surface area (Å²) in [6.07, 6.45) is -13.0. The van der Waals surface area contributed by atoms with Gasteiger partial charge in [0.15, 0.2) is 14.7 Å². The summed E-state index contributed by atoms with van der Waals surface area (Å²) in [6.45, 7) is 0. The summed E-state index contributed by atoms with van der Waals surface area (Å²) in [5.41, 5.74) is 0. The van der Waals surface area contributed by atoms with Crippen molar-refractivity contribution in [2.45, 2.75) is 33.5 Å². The molecule has 0 saturated heterocycles. The molecule has 0 aliphatic rings. The third-order valence-corrected chi connectivity index (χ3v) is 5.57. The molecule has 0 N–H and O–H groups in total. The van der Waals surface area contributed by atoms with Crippen LogP contribution < -0.4 is 0 Å². The van der Waals surface area contributed by atoms with Gasteiger partial charge in [-0.2, -0.15) is 26.3 Å². The van der Waals surface area contributed by atoms with Gasteiger partial charge >= 0.3 is 12.4 Å². The third-order valence-electron chi connectivity index (χ3n) is 3.34. The first kappa shape index (κ1) is 21.9. The van der Waals surface area contributed by atoms with Crippen molar-refractivity contribution in [2.24, 2.45) is 0 Å². The molecular formula is C21H17F6S+. The second kappa shape index (κ2) is 9.68. The molecule has 0 bridgehead atoms. The van der Waals surface area contributed by atoms with Crippen LogP contribution in [0, 0.1) is 0 Å². The zero-order valence-electron chi connectivity index (χ0n) is 14.5. The maximum absolute atomic E-state index is 10.8. The van der Waals surface area contributed by atoms with E-state index < -0.39 is 18.8 Å². The molecule has 0 radical (unpaired) electrons. The van der Waals surface area contributed by atoms with Crippen LogP contribution in [0.4, 0.5) is 26.3 Å². The first-order chi connectivity index (χ1) is 13.2. The van der Waals surface area contributed by atoms with Gasteiger partial charge in [-0.25, -0.2) is 0 Å². The largest absolute Gasteiger partial charge is 0.397 e. The lowest BCUT2D eigenvalue weighted by Gasteiger charge is -2.08. The highest BCUT2D eigenvalue weighted by molar-refractivity contribution is 7.97. The lowest BCUT2D eigenvalue weighted by Crippen LogP contribution is -2.20. The molecule has 0 atom stereocenters. The van der Waals surface area contributed by atoms with Gasteiger partial charge in [0.25, 0.3) is 0 Å². The fraction of sp³-hybridized carbons (Fsp3) is 0.143. The average molecular weight is 415 g/mol. The minimum Gasteiger partial charge on any atom is -0.171 e. The SMILES string of the molecule is FC(F)(F)CC(F)(F)F.c1ccc([S+](c2ccccc2)c2ccccc2)cc1. The van der Waals surface area contributed by atoms with E-state index in [0.29, 0.717) is 0 Å². The lowest BCUT2D eigenvalue weighted by molar-refractivity contribution is -0.232. The molecule has 0 fully saturated rings. The van der Waals surface area contributed by atoms with E-state index in [1.165, 1.54) is 14.7 Å². The van der Waals surface area contributed by atoms with Crippen LogP contribution in [0.1, 0.15) is 6.42 Å². The van der Waals surface area contributed by atoms with Crippen LogP contribution in [0.3, 0.4) is 0 Å². The normalized spacial score (nSPS) is 11.7. The van der Waals surface area contributed by atoms with Crippen molar-refractivity contribution < 1.29 is 26.3 Å². The molecule has 148 valence electrons. The summed E-state index contributed by atoms with van der Waals surface area (Å²) in [4.78, 5) is 4.08. The molecule has 0 saturated carbocycles. The highest BCUT2D eigenvalue weighted by atomic mass is 32.2. The predicted molar refractivity (Wildman–Crippen MR) is 98.2 cm³/mol. The molecule has 3 aromatic rings. The van der Waals surface area contributed by atoms with E-state index in [9.17, 15) is 26.3 Å². The van der Waals surface area contributed by atoms with Gasteiger partial charge in [-0.05, 0) is 36.4 Å². The summed E-state index contributed by atoms with van der Waals surface area (Å²) < 4.78 is 65.0. The molecule has 7 heteroatoms. The molecule has 0 aliphatic carbocycles. The van der Waals surface area contributed by atoms with E-state index in [1.54, 1.807) is 0 Å². The monoisotopic (exact) mass is 415 g/mol. The van der Waals surface area contributed by atoms with Gasteiger partial charge < -0.3 is 0 Å². The maximum atomic E-state index is 10.8. The van der Waals surface area contributed by atoms with Crippen molar-refractivity contribution in [3.05, 3.63) is 91.0 Å². The van der Waals surface area contributed by atoms with Crippen molar-refractivity contribution in [1.29, 1.82) is 0 Å². The molecule has 0 unspecified atom stereocenters. The quantitative estimate of drug-likeness (QED) is 0.311. The Hall–Kier alpha value is -2.41. The fourth-order valence-electron chi connectivity index (χ4n) is 2.31. The lowest BCUT2D eigenvalue weighted by atomic mass is 10.4. The second-order valence-electron chi connectivity index (χ2n) is 5.65. The van der Waals surface area contributed by atoms with Gasteiger partial charge in [0.1, 0.15) is 6.42 Å². The van der Waals surface area contributed by atoms with Gasteiger partial charge in [0, 0.05) is 0 Å². The molecule has 0 heterocycles. The number of rotatable bonds is 3. The van der Waals surface area contributed by atoms with Crippen LogP contribution in [-0.4, -0.2) is 12.4 Å². The summed E-state index contributed by atoms with van der Waals surface area (Å²) in [5.74, 6) is 0. The molecule has 0 amide bonds. The first-order valence-electron chi connectivity index (χ1n) is 8.19. The molecule has 28 heavy (non-hydrogen) atoms. The molecule has 0 spiro atoms. The zero-order chi connectivity index (χ0) is 20.6. The van der Waals surface area contributed by atoms with Crippen molar-refractivity contribution >= 4 is 10.9 Å². The zero-order valence-corrected chi connectivity index (χ0v) is 15.4. The van der Waals surface area contributed by atoms with Crippen LogP contribution in [-0.2, 0) is 10.9 Å². The third kappa shape index (κ3) is 7.68. The van der Waals surface area contributed by atoms with Crippen LogP contribution >= 0.6 is 0 Å². The highest BCUT2D eigenvalue weighted by Gasteiger charge is 2.43. The Bertz CT molecular complexity index is 708. The number of benzene rings is 3. The van der Waals surface area contributed by atoms with Gasteiger partial charge in [-0.1, -0.05) is 54.6 Å². The van der Waals surface area contributed by atoms with Crippen LogP contribution in [0.2, 0.25) is 0 Å². The first-order valence-corrected chi connectivity index (χ1v) is 9.41. The Morgan fingerprint density at radius 3 is 0.893 bits per heavy atom. The van der Waals surface area contributed by atoms with Crippen molar-refractivity contribution in [1.82, 2.24) is 0 Å². The Kier molecular flexibility index (Phi) is 7.57. The molecule has 0 aliphatic heterocycles. The highest BCUT2D eigenvalue weighted by Crippen LogP contribution is 2.32. The van der Waals surface area contributed by atoms with Gasteiger partial charge in [-0.3, -0.25) is 0 Å². The van der Waals surface area contributed by atoms with E-state index in [1.807, 2.05) is 0 Å². The van der Waals surface area contributed by atoms with Gasteiger partial charge in [0.2, 0.25) is 0 Å². The van der Waals surface area contributed by atoms with E-state index in [-0.39, 0.29) is 10.9 Å². The molecular weight excluding hydrogens is 398 g/mol. The standard InChI is InChI=1S/C18H15S.C3H2F6/c1-4-10-16(11-5-1)19(17-12-6-2-7-13-17)18-14-8-3-9-15-18;4-2(5,6)1-3(7,8)9/h1-15H;1H2/q+1;. The number of halogens is 6. The average Bonchev–Trinajstić information content (AvgIpc) is 2.62. The number of alkyl halides is 6. The van der Waals surface area contributed by atoms with Crippen LogP contribution in [0.25, 0.3) is 0 Å². The van der Waals surface area contributed by atoms with E-state index in [0.717, 1.165) is 0 Å². The van der Waals surface area contributed by atoms with E-state index >= 15 is 0 Å². The van der Waals surface area contributed by atoms with E-state index in [2.05, 4.69) is 91.0 Å². The minimum absolute atomic E-state index is 0.0146. The minimum atomic E-state index is -5.14. The Labute approximate surface area is 162 Å². The van der Waals surface area contributed by atoms with Crippen molar-refractivity contribution in [2.75, 3.05) is 0 Å². The maximum Gasteiger partial charge on any atom is 0.397 e. The Morgan fingerprint density at radius 2 is 0.714 bits per heavy atom.